The van der Waals surface area contributed by atoms with Crippen LogP contribution in [0.2, 0.25) is 0 Å². The zero-order valence-electron chi connectivity index (χ0n) is 6.28. The summed E-state index contributed by atoms with van der Waals surface area (Å²) in [6.07, 6.45) is 1.25. The van der Waals surface area contributed by atoms with E-state index in [1.165, 1.54) is 6.42 Å². The summed E-state index contributed by atoms with van der Waals surface area (Å²) in [4.78, 5) is 0. The lowest BCUT2D eigenvalue weighted by Crippen LogP contribution is -1.27. The van der Waals surface area contributed by atoms with E-state index in [2.05, 4.69) is 23.1 Å². The normalized spacial score (nSPS) is 4.29. The molecule has 0 bridgehead atoms. The first kappa shape index (κ1) is 15.7. The maximum atomic E-state index is 2.42. The molecule has 0 aliphatic carbocycles. The van der Waals surface area contributed by atoms with Crippen LogP contribution in [0.1, 0.15) is 34.1 Å². The zero-order chi connectivity index (χ0) is 6.71. The molecule has 48 valence electrons. The Hall–Kier alpha value is 0.430. The van der Waals surface area contributed by atoms with Gasteiger partial charge in [0.25, 0.3) is 0 Å². The van der Waals surface area contributed by atoms with Crippen molar-refractivity contribution in [3.8, 4) is 0 Å². The minimum absolute atomic E-state index is 1.25. The van der Waals surface area contributed by atoms with Gasteiger partial charge in [-0.15, -0.1) is 9.24 Å². The van der Waals surface area contributed by atoms with Gasteiger partial charge >= 0.3 is 0 Å². The van der Waals surface area contributed by atoms with Gasteiger partial charge in [-0.25, -0.2) is 0 Å². The number of rotatable bonds is 0. The van der Waals surface area contributed by atoms with Crippen LogP contribution in [-0.4, -0.2) is 6.66 Å². The van der Waals surface area contributed by atoms with Crippen molar-refractivity contribution in [2.24, 2.45) is 0 Å². The summed E-state index contributed by atoms with van der Waals surface area (Å²) in [6.45, 7) is 10.2. The van der Waals surface area contributed by atoms with Gasteiger partial charge in [-0.3, -0.25) is 0 Å². The molecule has 0 saturated heterocycles. The molecule has 0 nitrogen and oxygen atoms in total. The van der Waals surface area contributed by atoms with Crippen molar-refractivity contribution in [1.82, 2.24) is 0 Å². The molecule has 0 rings (SSSR count). The van der Waals surface area contributed by atoms with Crippen molar-refractivity contribution in [1.29, 1.82) is 0 Å². The fourth-order valence-electron chi connectivity index (χ4n) is 0. The summed E-state index contributed by atoms with van der Waals surface area (Å²) < 4.78 is 0. The van der Waals surface area contributed by atoms with Crippen LogP contribution in [-0.2, 0) is 0 Å². The number of hydrogen-bond acceptors (Lipinski definition) is 0. The fraction of sp³-hybridized carbons (Fsp3) is 1.00. The average molecular weight is 122 g/mol. The Labute approximate surface area is 50.9 Å². The van der Waals surface area contributed by atoms with Crippen molar-refractivity contribution < 1.29 is 0 Å². The minimum atomic E-state index is 1.25. The van der Waals surface area contributed by atoms with E-state index in [4.69, 9.17) is 0 Å². The summed E-state index contributed by atoms with van der Waals surface area (Å²) in [5, 5.41) is 0. The number of hydrogen-bond donors (Lipinski definition) is 0. The van der Waals surface area contributed by atoms with Gasteiger partial charge in [-0.05, 0) is 0 Å². The van der Waals surface area contributed by atoms with Gasteiger partial charge in [0.15, 0.2) is 0 Å². The molecule has 0 radical (unpaired) electrons. The van der Waals surface area contributed by atoms with Crippen LogP contribution in [0.15, 0.2) is 0 Å². The van der Waals surface area contributed by atoms with Crippen LogP contribution in [0.25, 0.3) is 0 Å². The third kappa shape index (κ3) is 682. The molecule has 0 heterocycles. The first-order valence-corrected chi connectivity index (χ1v) is 4.15. The minimum Gasteiger partial charge on any atom is -0.141 e. The lowest BCUT2D eigenvalue weighted by atomic mass is 10.6. The summed E-state index contributed by atoms with van der Waals surface area (Å²) >= 11 is 0. The molecule has 0 aliphatic heterocycles. The Morgan fingerprint density at radius 3 is 1.00 bits per heavy atom. The Kier molecular flexibility index (Phi) is 207. The first-order chi connectivity index (χ1) is 3.41. The molecular weight excluding hydrogens is 103 g/mol. The van der Waals surface area contributed by atoms with E-state index >= 15 is 0 Å². The summed E-state index contributed by atoms with van der Waals surface area (Å²) in [5.41, 5.74) is 0. The van der Waals surface area contributed by atoms with Crippen LogP contribution < -0.4 is 0 Å². The smallest absolute Gasteiger partial charge is 0.0500 e. The average Bonchev–Trinajstić information content (AvgIpc) is 1.78. The lowest BCUT2D eigenvalue weighted by Gasteiger charge is -1.48. The van der Waals surface area contributed by atoms with E-state index in [0.717, 1.165) is 0 Å². The van der Waals surface area contributed by atoms with Crippen molar-refractivity contribution in [3.63, 3.8) is 0 Å². The largest absolute Gasteiger partial charge is 0.141 e. The van der Waals surface area contributed by atoms with Gasteiger partial charge in [0.1, 0.15) is 0 Å². The second-order valence-electron chi connectivity index (χ2n) is 0.707. The quantitative estimate of drug-likeness (QED) is 0.433. The zero-order valence-corrected chi connectivity index (χ0v) is 7.44. The van der Waals surface area contributed by atoms with Crippen LogP contribution in [0.5, 0.6) is 0 Å². The van der Waals surface area contributed by atoms with Crippen molar-refractivity contribution >= 4 is 9.24 Å². The van der Waals surface area contributed by atoms with Crippen molar-refractivity contribution in [3.05, 3.63) is 0 Å². The van der Waals surface area contributed by atoms with Gasteiger partial charge < -0.3 is 0 Å². The van der Waals surface area contributed by atoms with Gasteiger partial charge in [-0.1, -0.05) is 40.8 Å². The van der Waals surface area contributed by atoms with Gasteiger partial charge in [0.05, 0.1) is 0 Å². The predicted octanol–water partition coefficient (Wildman–Crippen LogP) is 2.93. The lowest BCUT2D eigenvalue weighted by molar-refractivity contribution is 1.09. The van der Waals surface area contributed by atoms with Crippen LogP contribution in [0.3, 0.4) is 0 Å². The highest BCUT2D eigenvalue weighted by molar-refractivity contribution is 7.15. The molecule has 0 aromatic rings. The molecule has 0 N–H and O–H groups in total. The van der Waals surface area contributed by atoms with E-state index < -0.39 is 0 Å². The monoisotopic (exact) mass is 122 g/mol. The van der Waals surface area contributed by atoms with Gasteiger partial charge in [0.2, 0.25) is 0 Å². The summed E-state index contributed by atoms with van der Waals surface area (Å²) in [7, 11) is 2.42. The molecule has 1 unspecified atom stereocenters. The molecule has 1 atom stereocenters. The molecule has 0 amide bonds. The highest BCUT2D eigenvalue weighted by atomic mass is 31.0. The van der Waals surface area contributed by atoms with Crippen LogP contribution in [0.4, 0.5) is 0 Å². The predicted molar refractivity (Wildman–Crippen MR) is 42.9 cm³/mol. The second kappa shape index (κ2) is 92.7. The van der Waals surface area contributed by atoms with Crippen LogP contribution >= 0.6 is 9.24 Å². The molecule has 0 spiro atoms. The maximum absolute atomic E-state index is 2.42. The van der Waals surface area contributed by atoms with E-state index in [9.17, 15) is 0 Å². The second-order valence-corrected chi connectivity index (χ2v) is 0.707. The molecule has 0 fully saturated rings. The highest BCUT2D eigenvalue weighted by Crippen LogP contribution is 1.56. The van der Waals surface area contributed by atoms with Crippen LogP contribution in [0, 0.1) is 0 Å². The Morgan fingerprint density at radius 2 is 1.00 bits per heavy atom. The topological polar surface area (TPSA) is 0 Å². The van der Waals surface area contributed by atoms with Crippen molar-refractivity contribution in [2.75, 3.05) is 6.66 Å². The van der Waals surface area contributed by atoms with Gasteiger partial charge in [0, 0.05) is 0 Å². The van der Waals surface area contributed by atoms with E-state index in [1.807, 2.05) is 20.5 Å². The Morgan fingerprint density at radius 1 is 1.00 bits per heavy atom. The molecular formula is C6H19P. The SMILES string of the molecule is CC.CCC.CP. The summed E-state index contributed by atoms with van der Waals surface area (Å²) in [6, 6.07) is 0. The van der Waals surface area contributed by atoms with Crippen molar-refractivity contribution in [2.45, 2.75) is 34.1 Å². The molecule has 0 aromatic heterocycles. The molecule has 1 heteroatoms. The molecule has 7 heavy (non-hydrogen) atoms. The molecule has 0 aliphatic rings. The third-order valence-corrected chi connectivity index (χ3v) is 0. The molecule has 0 aromatic carbocycles. The standard InChI is InChI=1S/C3H8.C2H6.CH5P/c1-3-2;2*1-2/h3H2,1-2H3;1-2H3;2H2,1H3. The third-order valence-electron chi connectivity index (χ3n) is 0. The Balaban J connectivity index is -0.0000000360. The van der Waals surface area contributed by atoms with Gasteiger partial charge in [-0.2, -0.15) is 0 Å². The van der Waals surface area contributed by atoms with E-state index in [-0.39, 0.29) is 0 Å². The summed E-state index contributed by atoms with van der Waals surface area (Å²) in [5.74, 6) is 0. The Bertz CT molecular complexity index is 4.14. The van der Waals surface area contributed by atoms with E-state index in [0.29, 0.717) is 0 Å². The fourth-order valence-corrected chi connectivity index (χ4v) is 0. The first-order valence-electron chi connectivity index (χ1n) is 2.99. The maximum Gasteiger partial charge on any atom is -0.0500 e. The van der Waals surface area contributed by atoms with E-state index in [1.54, 1.807) is 0 Å². The molecule has 0 saturated carbocycles. The highest BCUT2D eigenvalue weighted by Gasteiger charge is 1.35.